The highest BCUT2D eigenvalue weighted by Gasteiger charge is 2.44. The third-order valence-corrected chi connectivity index (χ3v) is 7.25. The van der Waals surface area contributed by atoms with E-state index >= 15 is 0 Å². The van der Waals surface area contributed by atoms with Crippen molar-refractivity contribution >= 4 is 28.7 Å². The SMILES string of the molecule is Cc1ccc2c(c1)[C@H]1CN(C)CC[C@H]1N2C(=O)c1cc2c(s1)CCC2=O. The van der Waals surface area contributed by atoms with Crippen LogP contribution in [0.4, 0.5) is 5.69 Å². The van der Waals surface area contributed by atoms with Gasteiger partial charge in [0.2, 0.25) is 0 Å². The molecule has 1 fully saturated rings. The number of amides is 1. The van der Waals surface area contributed by atoms with Crippen molar-refractivity contribution in [1.29, 1.82) is 0 Å². The van der Waals surface area contributed by atoms with Gasteiger partial charge in [-0.2, -0.15) is 0 Å². The van der Waals surface area contributed by atoms with E-state index in [1.807, 2.05) is 11.0 Å². The average Bonchev–Trinajstić information content (AvgIpc) is 3.27. The molecule has 26 heavy (non-hydrogen) atoms. The van der Waals surface area contributed by atoms with Crippen LogP contribution in [-0.4, -0.2) is 42.8 Å². The van der Waals surface area contributed by atoms with E-state index in [2.05, 4.69) is 37.1 Å². The molecule has 1 aromatic heterocycles. The van der Waals surface area contributed by atoms with Crippen LogP contribution < -0.4 is 4.90 Å². The van der Waals surface area contributed by atoms with Crippen molar-refractivity contribution in [1.82, 2.24) is 4.90 Å². The van der Waals surface area contributed by atoms with Crippen molar-refractivity contribution in [3.8, 4) is 0 Å². The molecule has 2 aromatic rings. The molecule has 2 aliphatic heterocycles. The van der Waals surface area contributed by atoms with Gasteiger partial charge < -0.3 is 9.80 Å². The molecular formula is C21H22N2O2S. The fourth-order valence-corrected chi connectivity index (χ4v) is 5.90. The van der Waals surface area contributed by atoms with Gasteiger partial charge in [-0.15, -0.1) is 11.3 Å². The van der Waals surface area contributed by atoms with Gasteiger partial charge in [-0.3, -0.25) is 9.59 Å². The number of likely N-dealkylation sites (N-methyl/N-ethyl adjacent to an activating group) is 1. The van der Waals surface area contributed by atoms with Crippen LogP contribution in [-0.2, 0) is 6.42 Å². The summed E-state index contributed by atoms with van der Waals surface area (Å²) >= 11 is 1.52. The number of thiophene rings is 1. The summed E-state index contributed by atoms with van der Waals surface area (Å²) in [5.74, 6) is 0.630. The zero-order valence-corrected chi connectivity index (χ0v) is 15.9. The number of carbonyl (C=O) groups excluding carboxylic acids is 2. The number of hydrogen-bond donors (Lipinski definition) is 0. The van der Waals surface area contributed by atoms with E-state index in [4.69, 9.17) is 0 Å². The van der Waals surface area contributed by atoms with Crippen LogP contribution in [0.25, 0.3) is 0 Å². The number of aryl methyl sites for hydroxylation is 2. The van der Waals surface area contributed by atoms with E-state index in [-0.39, 0.29) is 17.7 Å². The molecule has 1 aromatic carbocycles. The molecule has 0 bridgehead atoms. The van der Waals surface area contributed by atoms with Gasteiger partial charge in [-0.25, -0.2) is 0 Å². The molecule has 134 valence electrons. The first-order valence-corrected chi connectivity index (χ1v) is 10.1. The van der Waals surface area contributed by atoms with E-state index in [1.54, 1.807) is 0 Å². The van der Waals surface area contributed by atoms with Gasteiger partial charge in [-0.1, -0.05) is 17.7 Å². The summed E-state index contributed by atoms with van der Waals surface area (Å²) in [7, 11) is 2.16. The Kier molecular flexibility index (Phi) is 3.59. The number of nitrogens with zero attached hydrogens (tertiary/aromatic N) is 2. The normalized spacial score (nSPS) is 24.5. The maximum absolute atomic E-state index is 13.5. The number of anilines is 1. The number of Topliss-reactive ketones (excluding diaryl/α,β-unsaturated/α-hetero) is 1. The largest absolute Gasteiger partial charge is 0.306 e. The molecule has 0 spiro atoms. The molecule has 4 nitrogen and oxygen atoms in total. The van der Waals surface area contributed by atoms with Crippen LogP contribution in [0.2, 0.25) is 0 Å². The van der Waals surface area contributed by atoms with E-state index in [0.717, 1.165) is 42.1 Å². The topological polar surface area (TPSA) is 40.6 Å². The number of piperidine rings is 1. The minimum atomic E-state index is 0.0688. The second kappa shape index (κ2) is 5.76. The van der Waals surface area contributed by atoms with Crippen LogP contribution >= 0.6 is 11.3 Å². The van der Waals surface area contributed by atoms with E-state index in [1.165, 1.54) is 22.5 Å². The Hall–Kier alpha value is -1.98. The predicted octanol–water partition coefficient (Wildman–Crippen LogP) is 3.63. The second-order valence-corrected chi connectivity index (χ2v) is 8.97. The minimum Gasteiger partial charge on any atom is -0.306 e. The summed E-state index contributed by atoms with van der Waals surface area (Å²) in [6.45, 7) is 4.11. The van der Waals surface area contributed by atoms with Crippen molar-refractivity contribution < 1.29 is 9.59 Å². The lowest BCUT2D eigenvalue weighted by Crippen LogP contribution is -2.47. The first-order valence-electron chi connectivity index (χ1n) is 9.31. The van der Waals surface area contributed by atoms with Crippen molar-refractivity contribution in [2.45, 2.75) is 38.1 Å². The number of benzene rings is 1. The van der Waals surface area contributed by atoms with Crippen molar-refractivity contribution in [2.75, 3.05) is 25.0 Å². The van der Waals surface area contributed by atoms with Gasteiger partial charge in [0.1, 0.15) is 0 Å². The predicted molar refractivity (Wildman–Crippen MR) is 104 cm³/mol. The minimum absolute atomic E-state index is 0.0688. The first-order chi connectivity index (χ1) is 12.5. The Morgan fingerprint density at radius 3 is 2.88 bits per heavy atom. The molecule has 5 heteroatoms. The van der Waals surface area contributed by atoms with Gasteiger partial charge in [0, 0.05) is 41.1 Å². The summed E-state index contributed by atoms with van der Waals surface area (Å²) < 4.78 is 0. The zero-order valence-electron chi connectivity index (χ0n) is 15.1. The van der Waals surface area contributed by atoms with Crippen LogP contribution in [0.1, 0.15) is 54.8 Å². The van der Waals surface area contributed by atoms with Gasteiger partial charge in [0.25, 0.3) is 5.91 Å². The summed E-state index contributed by atoms with van der Waals surface area (Å²) in [6.07, 6.45) is 2.38. The molecule has 0 unspecified atom stereocenters. The van der Waals surface area contributed by atoms with Gasteiger partial charge >= 0.3 is 0 Å². The lowest BCUT2D eigenvalue weighted by molar-refractivity contribution is 0.0968. The zero-order chi connectivity index (χ0) is 18.0. The quantitative estimate of drug-likeness (QED) is 0.774. The molecule has 3 aliphatic rings. The summed E-state index contributed by atoms with van der Waals surface area (Å²) in [4.78, 5) is 31.6. The molecule has 1 saturated heterocycles. The van der Waals surface area contributed by atoms with Gasteiger partial charge in [-0.05, 0) is 51.1 Å². The molecule has 1 amide bonds. The number of fused-ring (bicyclic) bond motifs is 4. The number of likely N-dealkylation sites (tertiary alicyclic amines) is 1. The van der Waals surface area contributed by atoms with Crippen molar-refractivity contribution in [2.24, 2.45) is 0 Å². The van der Waals surface area contributed by atoms with Crippen LogP contribution in [0.5, 0.6) is 0 Å². The molecule has 1 aliphatic carbocycles. The maximum atomic E-state index is 13.5. The van der Waals surface area contributed by atoms with E-state index in [9.17, 15) is 9.59 Å². The lowest BCUT2D eigenvalue weighted by Gasteiger charge is -2.36. The maximum Gasteiger partial charge on any atom is 0.268 e. The van der Waals surface area contributed by atoms with Crippen LogP contribution in [0.15, 0.2) is 24.3 Å². The Morgan fingerprint density at radius 1 is 1.23 bits per heavy atom. The molecule has 0 N–H and O–H groups in total. The first kappa shape index (κ1) is 16.2. The number of ketones is 1. The molecule has 5 rings (SSSR count). The lowest BCUT2D eigenvalue weighted by atomic mass is 9.89. The third kappa shape index (κ3) is 2.30. The molecule has 2 atom stereocenters. The Balaban J connectivity index is 1.57. The highest BCUT2D eigenvalue weighted by molar-refractivity contribution is 7.14. The van der Waals surface area contributed by atoms with E-state index < -0.39 is 0 Å². The average molecular weight is 366 g/mol. The van der Waals surface area contributed by atoms with Crippen LogP contribution in [0, 0.1) is 6.92 Å². The highest BCUT2D eigenvalue weighted by atomic mass is 32.1. The highest BCUT2D eigenvalue weighted by Crippen LogP contribution is 2.46. The van der Waals surface area contributed by atoms with Gasteiger partial charge in [0.05, 0.1) is 4.88 Å². The summed E-state index contributed by atoms with van der Waals surface area (Å²) in [6, 6.07) is 8.51. The molecule has 3 heterocycles. The Bertz CT molecular complexity index is 932. The summed E-state index contributed by atoms with van der Waals surface area (Å²) in [5.41, 5.74) is 4.38. The summed E-state index contributed by atoms with van der Waals surface area (Å²) in [5, 5.41) is 0. The van der Waals surface area contributed by atoms with Crippen LogP contribution in [0.3, 0.4) is 0 Å². The molecule has 0 saturated carbocycles. The fourth-order valence-electron chi connectivity index (χ4n) is 4.78. The van der Waals surface area contributed by atoms with Gasteiger partial charge in [0.15, 0.2) is 5.78 Å². The molecule has 0 radical (unpaired) electrons. The van der Waals surface area contributed by atoms with Crippen molar-refractivity contribution in [3.05, 3.63) is 50.7 Å². The number of carbonyl (C=O) groups is 2. The monoisotopic (exact) mass is 366 g/mol. The molecular weight excluding hydrogens is 344 g/mol. The fraction of sp³-hybridized carbons (Fsp3) is 0.429. The second-order valence-electron chi connectivity index (χ2n) is 7.83. The Labute approximate surface area is 157 Å². The van der Waals surface area contributed by atoms with E-state index in [0.29, 0.717) is 17.2 Å². The Morgan fingerprint density at radius 2 is 2.08 bits per heavy atom. The standard InChI is InChI=1S/C21H22N2O2S/c1-12-3-4-16-13(9-12)15-11-22(2)8-7-17(15)23(16)21(25)20-10-14-18(24)5-6-19(14)26-20/h3-4,9-10,15,17H,5-8,11H2,1-2H3/t15-,17-/m1/s1. The third-order valence-electron chi connectivity index (χ3n) is 6.07. The number of rotatable bonds is 1. The smallest absolute Gasteiger partial charge is 0.268 e. The number of hydrogen-bond acceptors (Lipinski definition) is 4. The van der Waals surface area contributed by atoms with Crippen molar-refractivity contribution in [3.63, 3.8) is 0 Å².